The van der Waals surface area contributed by atoms with Crippen LogP contribution in [-0.4, -0.2) is 11.7 Å². The van der Waals surface area contributed by atoms with E-state index < -0.39 is 0 Å². The first-order chi connectivity index (χ1) is 4.83. The van der Waals surface area contributed by atoms with Gasteiger partial charge in [0.25, 0.3) is 0 Å². The molecule has 0 atom stereocenters. The Hall–Kier alpha value is -0.0500. The fraction of sp³-hybridized carbons (Fsp3) is 0.143. The maximum absolute atomic E-state index is 8.36. The minimum absolute atomic E-state index is 0.0610. The van der Waals surface area contributed by atoms with Crippen molar-refractivity contribution < 1.29 is 5.11 Å². The van der Waals surface area contributed by atoms with Gasteiger partial charge in [-0.2, -0.15) is 0 Å². The maximum Gasteiger partial charge on any atom is 0.104 e. The van der Waals surface area contributed by atoms with Crippen LogP contribution in [0.15, 0.2) is 12.1 Å². The Balaban J connectivity index is 2.76. The van der Waals surface area contributed by atoms with E-state index in [2.05, 4.69) is 34.4 Å². The van der Waals surface area contributed by atoms with Crippen molar-refractivity contribution in [2.45, 2.75) is 0 Å². The van der Waals surface area contributed by atoms with Crippen molar-refractivity contribution in [3.63, 3.8) is 0 Å². The van der Waals surface area contributed by atoms with E-state index in [1.165, 1.54) is 2.88 Å². The lowest BCUT2D eigenvalue weighted by atomic mass is 10.5. The molecular weight excluding hydrogens is 259 g/mol. The lowest BCUT2D eigenvalue weighted by molar-refractivity contribution is 0.350. The molecule has 1 heterocycles. The van der Waals surface area contributed by atoms with Crippen molar-refractivity contribution in [3.05, 3.63) is 19.9 Å². The Morgan fingerprint density at radius 2 is 2.40 bits per heavy atom. The number of hydrogen-bond donors (Lipinski definition) is 1. The fourth-order valence-electron chi connectivity index (χ4n) is 0.508. The second-order valence-corrected chi connectivity index (χ2v) is 4.54. The van der Waals surface area contributed by atoms with E-state index in [0.717, 1.165) is 4.88 Å². The first kappa shape index (κ1) is 8.05. The lowest BCUT2D eigenvalue weighted by Crippen LogP contribution is -1.70. The first-order valence-electron chi connectivity index (χ1n) is 2.68. The van der Waals surface area contributed by atoms with Crippen molar-refractivity contribution in [1.82, 2.24) is 0 Å². The molecule has 0 aliphatic rings. The van der Waals surface area contributed by atoms with Gasteiger partial charge in [0.05, 0.1) is 7.76 Å². The molecule has 0 fully saturated rings. The summed E-state index contributed by atoms with van der Waals surface area (Å²) in [5.74, 6) is 5.42. The zero-order valence-electron chi connectivity index (χ0n) is 5.10. The summed E-state index contributed by atoms with van der Waals surface area (Å²) in [6.45, 7) is -0.0610. The molecule has 52 valence electrons. The first-order valence-corrected chi connectivity index (χ1v) is 4.57. The molecule has 0 unspecified atom stereocenters. The molecule has 0 amide bonds. The molecule has 3 heteroatoms. The van der Waals surface area contributed by atoms with Crippen LogP contribution in [-0.2, 0) is 0 Å². The number of thiophene rings is 1. The van der Waals surface area contributed by atoms with Crippen molar-refractivity contribution in [2.75, 3.05) is 6.61 Å². The molecule has 0 aliphatic heterocycles. The van der Waals surface area contributed by atoms with Gasteiger partial charge in [-0.3, -0.25) is 0 Å². The number of halogens is 1. The largest absolute Gasteiger partial charge is 0.384 e. The minimum Gasteiger partial charge on any atom is -0.384 e. The van der Waals surface area contributed by atoms with Crippen molar-refractivity contribution in [2.24, 2.45) is 0 Å². The summed E-state index contributed by atoms with van der Waals surface area (Å²) in [4.78, 5) is 1.01. The predicted molar refractivity (Wildman–Crippen MR) is 51.0 cm³/mol. The molecule has 0 saturated heterocycles. The quantitative estimate of drug-likeness (QED) is 0.558. The number of aliphatic hydroxyl groups excluding tert-OH is 1. The molecular formula is C7H5IOS. The Kier molecular flexibility index (Phi) is 3.19. The molecule has 1 aromatic rings. The predicted octanol–water partition coefficient (Wildman–Crippen LogP) is 1.70. The molecule has 0 bridgehead atoms. The summed E-state index contributed by atoms with van der Waals surface area (Å²) in [6.07, 6.45) is 0. The minimum atomic E-state index is -0.0610. The average Bonchev–Trinajstić information content (AvgIpc) is 2.31. The summed E-state index contributed by atoms with van der Waals surface area (Å²) < 4.78 is 1.22. The average molecular weight is 264 g/mol. The monoisotopic (exact) mass is 264 g/mol. The van der Waals surface area contributed by atoms with E-state index >= 15 is 0 Å². The third-order valence-corrected chi connectivity index (χ3v) is 2.67. The van der Waals surface area contributed by atoms with E-state index in [1.807, 2.05) is 12.1 Å². The third-order valence-electron chi connectivity index (χ3n) is 0.864. The summed E-state index contributed by atoms with van der Waals surface area (Å²) in [5.41, 5.74) is 0. The van der Waals surface area contributed by atoms with Crippen LogP contribution in [0.2, 0.25) is 0 Å². The summed E-state index contributed by atoms with van der Waals surface area (Å²) in [5, 5.41) is 8.36. The highest BCUT2D eigenvalue weighted by Crippen LogP contribution is 2.16. The second-order valence-electron chi connectivity index (χ2n) is 1.56. The molecule has 1 nitrogen and oxygen atoms in total. The van der Waals surface area contributed by atoms with Gasteiger partial charge in [0, 0.05) is 0 Å². The summed E-state index contributed by atoms with van der Waals surface area (Å²) in [6, 6.07) is 3.96. The second kappa shape index (κ2) is 3.96. The van der Waals surface area contributed by atoms with Gasteiger partial charge < -0.3 is 5.11 Å². The van der Waals surface area contributed by atoms with E-state index in [9.17, 15) is 0 Å². The number of hydrogen-bond acceptors (Lipinski definition) is 2. The standard InChI is InChI=1S/C7H5IOS/c8-7-4-3-6(10-7)2-1-5-9/h3-4,9H,5H2. The molecule has 1 aromatic heterocycles. The van der Waals surface area contributed by atoms with Crippen molar-refractivity contribution >= 4 is 33.9 Å². The van der Waals surface area contributed by atoms with Crippen LogP contribution in [0.3, 0.4) is 0 Å². The summed E-state index contributed by atoms with van der Waals surface area (Å²) in [7, 11) is 0. The Bertz CT molecular complexity index is 269. The van der Waals surface area contributed by atoms with Gasteiger partial charge in [-0.05, 0) is 34.7 Å². The normalized spacial score (nSPS) is 8.60. The van der Waals surface area contributed by atoms with Crippen LogP contribution < -0.4 is 0 Å². The molecule has 1 rings (SSSR count). The Morgan fingerprint density at radius 1 is 1.60 bits per heavy atom. The number of rotatable bonds is 0. The fourth-order valence-corrected chi connectivity index (χ4v) is 2.01. The van der Waals surface area contributed by atoms with Crippen molar-refractivity contribution in [3.8, 4) is 11.8 Å². The molecule has 0 spiro atoms. The van der Waals surface area contributed by atoms with Gasteiger partial charge in [0.15, 0.2) is 0 Å². The van der Waals surface area contributed by atoms with Gasteiger partial charge in [-0.25, -0.2) is 0 Å². The van der Waals surface area contributed by atoms with Crippen LogP contribution in [0.1, 0.15) is 4.88 Å². The molecule has 0 saturated carbocycles. The van der Waals surface area contributed by atoms with Gasteiger partial charge in [0.1, 0.15) is 6.61 Å². The van der Waals surface area contributed by atoms with E-state index in [-0.39, 0.29) is 6.61 Å². The smallest absolute Gasteiger partial charge is 0.104 e. The zero-order valence-corrected chi connectivity index (χ0v) is 8.07. The van der Waals surface area contributed by atoms with Crippen LogP contribution in [0.4, 0.5) is 0 Å². The summed E-state index contributed by atoms with van der Waals surface area (Å²) >= 11 is 3.87. The van der Waals surface area contributed by atoms with E-state index in [4.69, 9.17) is 5.11 Å². The zero-order chi connectivity index (χ0) is 7.40. The Labute approximate surface area is 77.2 Å². The highest BCUT2D eigenvalue weighted by atomic mass is 127. The van der Waals surface area contributed by atoms with Gasteiger partial charge in [-0.15, -0.1) is 11.3 Å². The highest BCUT2D eigenvalue weighted by Gasteiger charge is 1.90. The molecule has 0 aromatic carbocycles. The van der Waals surface area contributed by atoms with E-state index in [1.54, 1.807) is 11.3 Å². The van der Waals surface area contributed by atoms with Crippen LogP contribution in [0.5, 0.6) is 0 Å². The SMILES string of the molecule is OCC#Cc1ccc(I)s1. The lowest BCUT2D eigenvalue weighted by Gasteiger charge is -1.74. The van der Waals surface area contributed by atoms with Crippen LogP contribution in [0, 0.1) is 14.7 Å². The highest BCUT2D eigenvalue weighted by molar-refractivity contribution is 14.1. The molecule has 10 heavy (non-hydrogen) atoms. The topological polar surface area (TPSA) is 20.2 Å². The van der Waals surface area contributed by atoms with Crippen LogP contribution in [0.25, 0.3) is 0 Å². The van der Waals surface area contributed by atoms with E-state index in [0.29, 0.717) is 0 Å². The van der Waals surface area contributed by atoms with Crippen LogP contribution >= 0.6 is 33.9 Å². The maximum atomic E-state index is 8.36. The van der Waals surface area contributed by atoms with Gasteiger partial charge in [0.2, 0.25) is 0 Å². The molecule has 1 N–H and O–H groups in total. The van der Waals surface area contributed by atoms with Gasteiger partial charge in [-0.1, -0.05) is 11.8 Å². The van der Waals surface area contributed by atoms with Crippen molar-refractivity contribution in [1.29, 1.82) is 0 Å². The van der Waals surface area contributed by atoms with Gasteiger partial charge >= 0.3 is 0 Å². The number of aliphatic hydroxyl groups is 1. The molecule has 0 radical (unpaired) electrons. The Morgan fingerprint density at radius 3 is 2.90 bits per heavy atom. The molecule has 0 aliphatic carbocycles. The third kappa shape index (κ3) is 2.29.